The van der Waals surface area contributed by atoms with E-state index in [1.807, 2.05) is 13.8 Å². The highest BCUT2D eigenvalue weighted by Crippen LogP contribution is 2.25. The number of fused-ring (bicyclic) bond motifs is 1. The number of hydrogen-bond acceptors (Lipinski definition) is 7. The van der Waals surface area contributed by atoms with E-state index in [4.69, 9.17) is 4.74 Å². The average Bonchev–Trinajstić information content (AvgIpc) is 3.24. The van der Waals surface area contributed by atoms with Gasteiger partial charge in [-0.25, -0.2) is 9.78 Å². The molecule has 1 aliphatic rings. The Morgan fingerprint density at radius 3 is 2.38 bits per heavy atom. The summed E-state index contributed by atoms with van der Waals surface area (Å²) < 4.78 is 5.23. The number of hydrogen-bond donors (Lipinski definition) is 1. The molecule has 0 unspecified atom stereocenters. The number of thiazole rings is 1. The number of aryl methyl sites for hydroxylation is 1. The van der Waals surface area contributed by atoms with Crippen LogP contribution in [0, 0.1) is 12.8 Å². The van der Waals surface area contributed by atoms with Crippen molar-refractivity contribution >= 4 is 40.2 Å². The Bertz CT molecular complexity index is 995. The third-order valence-electron chi connectivity index (χ3n) is 4.94. The number of ether oxygens (including phenoxy) is 1. The number of carbonyl (C=O) groups is 4. The van der Waals surface area contributed by atoms with Gasteiger partial charge >= 0.3 is 5.97 Å². The maximum atomic E-state index is 12.3. The zero-order chi connectivity index (χ0) is 23.3. The van der Waals surface area contributed by atoms with E-state index in [-0.39, 0.29) is 30.1 Å². The zero-order valence-corrected chi connectivity index (χ0v) is 19.3. The largest absolute Gasteiger partial charge is 0.461 e. The molecule has 2 heterocycles. The van der Waals surface area contributed by atoms with Gasteiger partial charge in [0, 0.05) is 13.0 Å². The molecule has 0 saturated heterocycles. The maximum Gasteiger partial charge on any atom is 0.350 e. The number of nitrogens with one attached hydrogen (secondary N) is 1. The number of aromatic nitrogens is 1. The highest BCUT2D eigenvalue weighted by Gasteiger charge is 2.34. The molecular weight excluding hydrogens is 430 g/mol. The lowest BCUT2D eigenvalue weighted by Crippen LogP contribution is -2.30. The highest BCUT2D eigenvalue weighted by molar-refractivity contribution is 7.17. The van der Waals surface area contributed by atoms with E-state index in [0.717, 1.165) is 11.3 Å². The molecule has 1 aromatic heterocycles. The number of rotatable bonds is 10. The van der Waals surface area contributed by atoms with E-state index >= 15 is 0 Å². The number of unbranched alkanes of at least 4 members (excludes halogenated alkanes) is 2. The van der Waals surface area contributed by atoms with E-state index in [1.165, 1.54) is 4.90 Å². The van der Waals surface area contributed by atoms with E-state index in [2.05, 4.69) is 10.3 Å². The second kappa shape index (κ2) is 10.5. The maximum absolute atomic E-state index is 12.3. The normalized spacial score (nSPS) is 12.9. The molecule has 3 rings (SSSR count). The van der Waals surface area contributed by atoms with Crippen LogP contribution >= 0.6 is 11.3 Å². The van der Waals surface area contributed by atoms with Gasteiger partial charge in [-0.3, -0.25) is 19.3 Å². The van der Waals surface area contributed by atoms with Crippen LogP contribution in [0.1, 0.15) is 75.6 Å². The summed E-state index contributed by atoms with van der Waals surface area (Å²) in [7, 11) is 0. The van der Waals surface area contributed by atoms with Crippen molar-refractivity contribution in [2.75, 3.05) is 18.5 Å². The Hall–Kier alpha value is -3.07. The molecule has 32 heavy (non-hydrogen) atoms. The molecule has 8 nitrogen and oxygen atoms in total. The lowest BCUT2D eigenvalue weighted by molar-refractivity contribution is -0.116. The van der Waals surface area contributed by atoms with Crippen molar-refractivity contribution in [3.05, 3.63) is 46.0 Å². The fourth-order valence-electron chi connectivity index (χ4n) is 3.30. The number of amides is 3. The number of nitrogens with zero attached hydrogens (tertiary/aromatic N) is 2. The lowest BCUT2D eigenvalue weighted by Gasteiger charge is -2.13. The Labute approximate surface area is 191 Å². The first-order valence-electron chi connectivity index (χ1n) is 10.7. The molecule has 0 saturated carbocycles. The van der Waals surface area contributed by atoms with Crippen LogP contribution < -0.4 is 5.32 Å². The molecule has 1 aromatic carbocycles. The van der Waals surface area contributed by atoms with Crippen molar-refractivity contribution in [3.63, 3.8) is 0 Å². The predicted octanol–water partition coefficient (Wildman–Crippen LogP) is 4.06. The van der Waals surface area contributed by atoms with Crippen LogP contribution in [-0.4, -0.2) is 46.7 Å². The van der Waals surface area contributed by atoms with Crippen LogP contribution in [0.2, 0.25) is 0 Å². The van der Waals surface area contributed by atoms with Gasteiger partial charge < -0.3 is 10.1 Å². The topological polar surface area (TPSA) is 106 Å². The number of benzene rings is 1. The average molecular weight is 458 g/mol. The molecule has 1 aliphatic heterocycles. The molecule has 0 spiro atoms. The van der Waals surface area contributed by atoms with Crippen molar-refractivity contribution in [2.24, 2.45) is 5.92 Å². The third-order valence-corrected chi connectivity index (χ3v) is 5.99. The van der Waals surface area contributed by atoms with Gasteiger partial charge in [0.2, 0.25) is 5.91 Å². The third kappa shape index (κ3) is 5.59. The molecule has 0 aliphatic carbocycles. The van der Waals surface area contributed by atoms with E-state index in [9.17, 15) is 19.2 Å². The van der Waals surface area contributed by atoms with Gasteiger partial charge in [0.25, 0.3) is 11.8 Å². The highest BCUT2D eigenvalue weighted by atomic mass is 32.1. The minimum absolute atomic E-state index is 0.193. The standard InChI is InChI=1S/C23H27N3O5S/c1-14(2)13-31-22(30)19-15(3)24-23(32-19)25-18(27)11-5-4-8-12-26-20(28)16-9-6-7-10-17(16)21(26)29/h6-7,9-10,14H,4-5,8,11-13H2,1-3H3,(H,24,25,27). The van der Waals surface area contributed by atoms with Gasteiger partial charge in [0.15, 0.2) is 5.13 Å². The van der Waals surface area contributed by atoms with Gasteiger partial charge in [0.1, 0.15) is 4.88 Å². The van der Waals surface area contributed by atoms with Crippen LogP contribution in [0.4, 0.5) is 5.13 Å². The minimum atomic E-state index is -0.428. The van der Waals surface area contributed by atoms with Gasteiger partial charge in [-0.2, -0.15) is 0 Å². The second-order valence-electron chi connectivity index (χ2n) is 8.09. The van der Waals surface area contributed by atoms with Crippen LogP contribution in [0.5, 0.6) is 0 Å². The molecule has 1 N–H and O–H groups in total. The summed E-state index contributed by atoms with van der Waals surface area (Å²) in [5, 5.41) is 3.09. The molecular formula is C23H27N3O5S. The van der Waals surface area contributed by atoms with E-state index < -0.39 is 5.97 Å². The fraction of sp³-hybridized carbons (Fsp3) is 0.435. The van der Waals surface area contributed by atoms with E-state index in [1.54, 1.807) is 31.2 Å². The van der Waals surface area contributed by atoms with Crippen molar-refractivity contribution < 1.29 is 23.9 Å². The molecule has 0 atom stereocenters. The summed E-state index contributed by atoms with van der Waals surface area (Å²) in [6.07, 6.45) is 2.22. The second-order valence-corrected chi connectivity index (χ2v) is 9.09. The Morgan fingerprint density at radius 1 is 1.09 bits per heavy atom. The zero-order valence-electron chi connectivity index (χ0n) is 18.5. The summed E-state index contributed by atoms with van der Waals surface area (Å²) >= 11 is 1.10. The summed E-state index contributed by atoms with van der Waals surface area (Å²) in [5.41, 5.74) is 1.42. The number of esters is 1. The number of anilines is 1. The van der Waals surface area contributed by atoms with Crippen LogP contribution in [0.15, 0.2) is 24.3 Å². The van der Waals surface area contributed by atoms with Crippen molar-refractivity contribution in [3.8, 4) is 0 Å². The summed E-state index contributed by atoms with van der Waals surface area (Å²) in [4.78, 5) is 54.9. The predicted molar refractivity (Wildman–Crippen MR) is 121 cm³/mol. The van der Waals surface area contributed by atoms with Crippen molar-refractivity contribution in [1.82, 2.24) is 9.88 Å². The molecule has 9 heteroatoms. The van der Waals surface area contributed by atoms with Crippen LogP contribution in [0.25, 0.3) is 0 Å². The summed E-state index contributed by atoms with van der Waals surface area (Å²) in [6, 6.07) is 6.81. The van der Waals surface area contributed by atoms with Crippen LogP contribution in [-0.2, 0) is 9.53 Å². The Kier molecular flexibility index (Phi) is 7.74. The van der Waals surface area contributed by atoms with Crippen molar-refractivity contribution in [2.45, 2.75) is 46.5 Å². The minimum Gasteiger partial charge on any atom is -0.461 e. The first-order valence-corrected chi connectivity index (χ1v) is 11.5. The molecule has 0 fully saturated rings. The number of imide groups is 1. The van der Waals surface area contributed by atoms with Crippen LogP contribution in [0.3, 0.4) is 0 Å². The molecule has 2 aromatic rings. The first kappa shape index (κ1) is 23.6. The van der Waals surface area contributed by atoms with E-state index in [0.29, 0.717) is 59.2 Å². The molecule has 3 amide bonds. The van der Waals surface area contributed by atoms with Gasteiger partial charge in [-0.05, 0) is 37.8 Å². The summed E-state index contributed by atoms with van der Waals surface area (Å²) in [6.45, 7) is 6.29. The monoisotopic (exact) mass is 457 g/mol. The number of carbonyl (C=O) groups excluding carboxylic acids is 4. The Balaban J connectivity index is 1.39. The molecule has 0 bridgehead atoms. The first-order chi connectivity index (χ1) is 15.3. The SMILES string of the molecule is Cc1nc(NC(=O)CCCCCN2C(=O)c3ccccc3C2=O)sc1C(=O)OCC(C)C. The van der Waals surface area contributed by atoms with Gasteiger partial charge in [-0.15, -0.1) is 0 Å². The summed E-state index contributed by atoms with van der Waals surface area (Å²) in [5.74, 6) is -0.900. The van der Waals surface area contributed by atoms with Crippen molar-refractivity contribution in [1.29, 1.82) is 0 Å². The van der Waals surface area contributed by atoms with Gasteiger partial charge in [0.05, 0.1) is 23.4 Å². The van der Waals surface area contributed by atoms with Gasteiger partial charge in [-0.1, -0.05) is 43.7 Å². The quantitative estimate of drug-likeness (QED) is 0.328. The molecule has 170 valence electrons. The lowest BCUT2D eigenvalue weighted by atomic mass is 10.1. The smallest absolute Gasteiger partial charge is 0.350 e. The fourth-order valence-corrected chi connectivity index (χ4v) is 4.18. The Morgan fingerprint density at radius 2 is 1.75 bits per heavy atom. The molecule has 0 radical (unpaired) electrons.